The van der Waals surface area contributed by atoms with Crippen LogP contribution < -0.4 is 14.8 Å². The predicted molar refractivity (Wildman–Crippen MR) is 96.8 cm³/mol. The van der Waals surface area contributed by atoms with Gasteiger partial charge in [0.2, 0.25) is 0 Å². The maximum atomic E-state index is 10.6. The molecule has 0 aliphatic heterocycles. The lowest BCUT2D eigenvalue weighted by atomic mass is 10.2. The number of halogens is 3. The number of hydrogen-bond acceptors (Lipinski definition) is 7. The molecule has 0 unspecified atom stereocenters. The van der Waals surface area contributed by atoms with E-state index < -0.39 is 12.1 Å². The van der Waals surface area contributed by atoms with E-state index in [0.717, 1.165) is 22.9 Å². The maximum Gasteiger partial charge on any atom is 0.490 e. The Hall–Kier alpha value is -3.57. The van der Waals surface area contributed by atoms with Crippen molar-refractivity contribution in [2.75, 3.05) is 19.5 Å². The lowest BCUT2D eigenvalue weighted by molar-refractivity contribution is -0.192. The van der Waals surface area contributed by atoms with Gasteiger partial charge in [-0.05, 0) is 26.0 Å². The zero-order valence-corrected chi connectivity index (χ0v) is 15.9. The van der Waals surface area contributed by atoms with E-state index in [0.29, 0.717) is 17.4 Å². The van der Waals surface area contributed by atoms with Crippen LogP contribution in [0.25, 0.3) is 5.78 Å². The number of ether oxygens (including phenoxy) is 2. The fourth-order valence-electron chi connectivity index (χ4n) is 2.23. The average Bonchev–Trinajstić information content (AvgIpc) is 3.01. The zero-order valence-electron chi connectivity index (χ0n) is 15.9. The number of anilines is 2. The van der Waals surface area contributed by atoms with Crippen LogP contribution in [-0.2, 0) is 4.79 Å². The van der Waals surface area contributed by atoms with Gasteiger partial charge in [-0.2, -0.15) is 22.7 Å². The number of rotatable bonds is 4. The molecule has 0 radical (unpaired) electrons. The Morgan fingerprint density at radius 3 is 2.34 bits per heavy atom. The Bertz CT molecular complexity index is 1020. The Balaban J connectivity index is 0.000000370. The van der Waals surface area contributed by atoms with Gasteiger partial charge in [-0.15, -0.1) is 5.10 Å². The van der Waals surface area contributed by atoms with Crippen molar-refractivity contribution in [3.8, 4) is 11.5 Å². The first-order chi connectivity index (χ1) is 13.5. The minimum Gasteiger partial charge on any atom is -0.497 e. The predicted octanol–water partition coefficient (Wildman–Crippen LogP) is 3.14. The largest absolute Gasteiger partial charge is 0.497 e. The molecule has 0 amide bonds. The molecule has 0 fully saturated rings. The van der Waals surface area contributed by atoms with Crippen molar-refractivity contribution in [1.82, 2.24) is 19.6 Å². The number of methoxy groups -OCH3 is 2. The van der Waals surface area contributed by atoms with Gasteiger partial charge in [-0.25, -0.2) is 9.78 Å². The van der Waals surface area contributed by atoms with Gasteiger partial charge in [0.05, 0.1) is 19.9 Å². The molecule has 1 aromatic carbocycles. The van der Waals surface area contributed by atoms with Crippen LogP contribution in [-0.4, -0.2) is 51.1 Å². The number of alkyl halides is 3. The highest BCUT2D eigenvalue weighted by molar-refractivity contribution is 5.73. The van der Waals surface area contributed by atoms with Crippen LogP contribution >= 0.6 is 0 Å². The summed E-state index contributed by atoms with van der Waals surface area (Å²) in [5, 5.41) is 14.8. The van der Waals surface area contributed by atoms with E-state index in [4.69, 9.17) is 19.4 Å². The fraction of sp³-hybridized carbons (Fsp3) is 0.294. The van der Waals surface area contributed by atoms with Crippen molar-refractivity contribution in [2.24, 2.45) is 0 Å². The number of carboxylic acid groups (broad SMARTS) is 1. The van der Waals surface area contributed by atoms with Crippen molar-refractivity contribution < 1.29 is 32.5 Å². The zero-order chi connectivity index (χ0) is 21.8. The quantitative estimate of drug-likeness (QED) is 0.671. The van der Waals surface area contributed by atoms with E-state index in [1.807, 2.05) is 38.1 Å². The molecule has 2 N–H and O–H groups in total. The highest BCUT2D eigenvalue weighted by Crippen LogP contribution is 2.31. The Kier molecular flexibility index (Phi) is 6.46. The molecule has 0 atom stereocenters. The summed E-state index contributed by atoms with van der Waals surface area (Å²) < 4.78 is 44.1. The van der Waals surface area contributed by atoms with E-state index in [2.05, 4.69) is 20.4 Å². The van der Waals surface area contributed by atoms with Gasteiger partial charge >= 0.3 is 12.1 Å². The number of aliphatic carboxylic acids is 1. The van der Waals surface area contributed by atoms with E-state index in [1.54, 1.807) is 18.7 Å². The van der Waals surface area contributed by atoms with E-state index in [1.165, 1.54) is 0 Å². The highest BCUT2D eigenvalue weighted by Gasteiger charge is 2.38. The highest BCUT2D eigenvalue weighted by atomic mass is 19.4. The third-order valence-electron chi connectivity index (χ3n) is 3.46. The van der Waals surface area contributed by atoms with Gasteiger partial charge in [-0.3, -0.25) is 0 Å². The fourth-order valence-corrected chi connectivity index (χ4v) is 2.23. The number of benzene rings is 1. The SMILES string of the molecule is COc1ccc(OC)c(Nc2cc(C)nc3nc(C)nn23)c1.O=C(O)C(F)(F)F. The second-order valence-electron chi connectivity index (χ2n) is 5.65. The molecule has 0 saturated carbocycles. The standard InChI is InChI=1S/C15H17N5O2.C2HF3O2/c1-9-7-14(20-15(16-9)17-10(2)19-20)18-12-8-11(21-3)5-6-13(12)22-4;3-2(4,5)1(6)7/h5-8,18H,1-4H3;(H,6,7). The summed E-state index contributed by atoms with van der Waals surface area (Å²) in [7, 11) is 3.25. The number of nitrogens with one attached hydrogen (secondary N) is 1. The van der Waals surface area contributed by atoms with Gasteiger partial charge in [0, 0.05) is 17.8 Å². The molecule has 2 aromatic heterocycles. The molecule has 9 nitrogen and oxygen atoms in total. The van der Waals surface area contributed by atoms with Crippen molar-refractivity contribution >= 4 is 23.3 Å². The van der Waals surface area contributed by atoms with Crippen LogP contribution in [0.1, 0.15) is 11.5 Å². The second-order valence-corrected chi connectivity index (χ2v) is 5.65. The average molecular weight is 413 g/mol. The van der Waals surface area contributed by atoms with Crippen LogP contribution in [0.2, 0.25) is 0 Å². The molecule has 0 spiro atoms. The first-order valence-corrected chi connectivity index (χ1v) is 8.05. The number of nitrogens with zero attached hydrogens (tertiary/aromatic N) is 4. The molecule has 0 saturated heterocycles. The summed E-state index contributed by atoms with van der Waals surface area (Å²) in [5.74, 6) is 0.670. The molecular weight excluding hydrogens is 395 g/mol. The van der Waals surface area contributed by atoms with Crippen LogP contribution in [0.5, 0.6) is 11.5 Å². The monoisotopic (exact) mass is 413 g/mol. The molecule has 12 heteroatoms. The molecular formula is C17H18F3N5O4. The number of aryl methyl sites for hydroxylation is 2. The van der Waals surface area contributed by atoms with E-state index >= 15 is 0 Å². The summed E-state index contributed by atoms with van der Waals surface area (Å²) in [5.41, 5.74) is 1.63. The Morgan fingerprint density at radius 1 is 1.14 bits per heavy atom. The van der Waals surface area contributed by atoms with Gasteiger partial charge in [0.25, 0.3) is 5.78 Å². The third kappa shape index (κ3) is 5.46. The molecule has 0 aliphatic rings. The second kappa shape index (κ2) is 8.63. The molecule has 156 valence electrons. The minimum absolute atomic E-state index is 0.557. The lowest BCUT2D eigenvalue weighted by Gasteiger charge is -2.13. The van der Waals surface area contributed by atoms with Crippen molar-refractivity contribution in [3.05, 3.63) is 35.8 Å². The molecule has 2 heterocycles. The van der Waals surface area contributed by atoms with Crippen LogP contribution in [0, 0.1) is 13.8 Å². The number of hydrogen-bond donors (Lipinski definition) is 2. The number of carbonyl (C=O) groups is 1. The summed E-state index contributed by atoms with van der Waals surface area (Å²) >= 11 is 0. The minimum atomic E-state index is -5.08. The third-order valence-corrected chi connectivity index (χ3v) is 3.46. The topological polar surface area (TPSA) is 111 Å². The Labute approximate surface area is 163 Å². The van der Waals surface area contributed by atoms with Gasteiger partial charge in [-0.1, -0.05) is 0 Å². The molecule has 29 heavy (non-hydrogen) atoms. The van der Waals surface area contributed by atoms with E-state index in [9.17, 15) is 13.2 Å². The molecule has 3 aromatic rings. The smallest absolute Gasteiger partial charge is 0.490 e. The lowest BCUT2D eigenvalue weighted by Crippen LogP contribution is -2.21. The maximum absolute atomic E-state index is 10.6. The summed E-state index contributed by atoms with van der Waals surface area (Å²) in [4.78, 5) is 17.6. The van der Waals surface area contributed by atoms with Crippen molar-refractivity contribution in [2.45, 2.75) is 20.0 Å². The molecule has 3 rings (SSSR count). The first kappa shape index (κ1) is 21.7. The summed E-state index contributed by atoms with van der Waals surface area (Å²) in [6, 6.07) is 7.46. The molecule has 0 aliphatic carbocycles. The van der Waals surface area contributed by atoms with E-state index in [-0.39, 0.29) is 0 Å². The number of aromatic nitrogens is 4. The van der Waals surface area contributed by atoms with Crippen molar-refractivity contribution in [1.29, 1.82) is 0 Å². The Morgan fingerprint density at radius 2 is 1.79 bits per heavy atom. The van der Waals surface area contributed by atoms with Crippen LogP contribution in [0.3, 0.4) is 0 Å². The summed E-state index contributed by atoms with van der Waals surface area (Å²) in [6.07, 6.45) is -5.08. The van der Waals surface area contributed by atoms with Gasteiger partial charge in [0.15, 0.2) is 0 Å². The number of fused-ring (bicyclic) bond motifs is 1. The van der Waals surface area contributed by atoms with Crippen LogP contribution in [0.15, 0.2) is 24.3 Å². The van der Waals surface area contributed by atoms with Crippen LogP contribution in [0.4, 0.5) is 24.7 Å². The first-order valence-electron chi connectivity index (χ1n) is 8.05. The summed E-state index contributed by atoms with van der Waals surface area (Å²) in [6.45, 7) is 3.75. The van der Waals surface area contributed by atoms with Gasteiger partial charge < -0.3 is 19.9 Å². The van der Waals surface area contributed by atoms with Crippen molar-refractivity contribution in [3.63, 3.8) is 0 Å². The molecule has 0 bridgehead atoms. The normalized spacial score (nSPS) is 10.9. The number of carboxylic acids is 1. The van der Waals surface area contributed by atoms with Gasteiger partial charge in [0.1, 0.15) is 23.1 Å².